The van der Waals surface area contributed by atoms with E-state index in [1.807, 2.05) is 55.6 Å². The van der Waals surface area contributed by atoms with Crippen molar-refractivity contribution < 1.29 is 4.79 Å². The van der Waals surface area contributed by atoms with Crippen LogP contribution in [-0.4, -0.2) is 27.1 Å². The zero-order valence-electron chi connectivity index (χ0n) is 15.9. The molecule has 0 spiro atoms. The lowest BCUT2D eigenvalue weighted by molar-refractivity contribution is -0.117. The van der Waals surface area contributed by atoms with Gasteiger partial charge in [0.1, 0.15) is 0 Å². The molecule has 0 aliphatic carbocycles. The second-order valence-electron chi connectivity index (χ2n) is 7.00. The summed E-state index contributed by atoms with van der Waals surface area (Å²) in [4.78, 5) is 27.1. The number of amides is 1. The van der Waals surface area contributed by atoms with E-state index in [0.717, 1.165) is 27.6 Å². The second-order valence-corrected chi connectivity index (χ2v) is 7.00. The van der Waals surface area contributed by atoms with E-state index in [2.05, 4.69) is 20.5 Å². The summed E-state index contributed by atoms with van der Waals surface area (Å²) in [5.41, 5.74) is 10.9. The molecule has 2 aromatic heterocycles. The van der Waals surface area contributed by atoms with Crippen LogP contribution in [-0.2, 0) is 11.2 Å². The first kappa shape index (κ1) is 18.6. The normalized spacial score (nSPS) is 12.1. The number of H-pyrrole nitrogens is 2. The van der Waals surface area contributed by atoms with Gasteiger partial charge < -0.3 is 16.0 Å². The number of aromatic amines is 2. The number of hydrogen-bond acceptors (Lipinski definition) is 4. The highest BCUT2D eigenvalue weighted by Gasteiger charge is 2.17. The van der Waals surface area contributed by atoms with Crippen LogP contribution in [0.25, 0.3) is 22.2 Å². The van der Waals surface area contributed by atoms with E-state index < -0.39 is 6.04 Å². The van der Waals surface area contributed by atoms with Gasteiger partial charge in [-0.05, 0) is 42.7 Å². The molecule has 146 valence electrons. The Morgan fingerprint density at radius 2 is 2.00 bits per heavy atom. The number of benzene rings is 2. The molecule has 7 nitrogen and oxygen atoms in total. The number of nitrogens with two attached hydrogens (primary N) is 1. The summed E-state index contributed by atoms with van der Waals surface area (Å²) in [6.07, 6.45) is 2.32. The molecule has 2 aromatic carbocycles. The lowest BCUT2D eigenvalue weighted by Crippen LogP contribution is -2.37. The highest BCUT2D eigenvalue weighted by molar-refractivity contribution is 5.96. The molecule has 1 amide bonds. The van der Waals surface area contributed by atoms with Gasteiger partial charge >= 0.3 is 0 Å². The fraction of sp³-hybridized carbons (Fsp3) is 0.136. The molecule has 5 N–H and O–H groups in total. The summed E-state index contributed by atoms with van der Waals surface area (Å²) in [5.74, 6) is -0.259. The SMILES string of the molecule is Cc1ccc(-c2ccc(=O)[nH]n2)cc1NC(=O)[C@@H](N)Cc1c[nH]c2ccccc12. The summed E-state index contributed by atoms with van der Waals surface area (Å²) in [6, 6.07) is 15.9. The Balaban J connectivity index is 1.52. The quantitative estimate of drug-likeness (QED) is 0.421. The minimum absolute atomic E-state index is 0.259. The van der Waals surface area contributed by atoms with E-state index in [1.165, 1.54) is 6.07 Å². The van der Waals surface area contributed by atoms with Gasteiger partial charge in [0.15, 0.2) is 0 Å². The largest absolute Gasteiger partial charge is 0.361 e. The Hall–Kier alpha value is -3.71. The highest BCUT2D eigenvalue weighted by Crippen LogP contribution is 2.24. The van der Waals surface area contributed by atoms with Crippen molar-refractivity contribution in [2.24, 2.45) is 5.73 Å². The molecule has 1 atom stereocenters. The molecule has 0 radical (unpaired) electrons. The molecule has 0 saturated heterocycles. The van der Waals surface area contributed by atoms with Crippen molar-refractivity contribution in [1.82, 2.24) is 15.2 Å². The lowest BCUT2D eigenvalue weighted by Gasteiger charge is -2.14. The molecule has 29 heavy (non-hydrogen) atoms. The van der Waals surface area contributed by atoms with E-state index in [4.69, 9.17) is 5.73 Å². The molecule has 0 saturated carbocycles. The van der Waals surface area contributed by atoms with Crippen LogP contribution in [0.1, 0.15) is 11.1 Å². The van der Waals surface area contributed by atoms with Gasteiger partial charge in [-0.15, -0.1) is 0 Å². The van der Waals surface area contributed by atoms with Gasteiger partial charge in [0.05, 0.1) is 11.7 Å². The number of carbonyl (C=O) groups excluding carboxylic acids is 1. The van der Waals surface area contributed by atoms with Crippen LogP contribution < -0.4 is 16.6 Å². The maximum absolute atomic E-state index is 12.7. The van der Waals surface area contributed by atoms with Crippen molar-refractivity contribution >= 4 is 22.5 Å². The Kier molecular flexibility index (Phi) is 4.97. The van der Waals surface area contributed by atoms with Gasteiger partial charge in [0.25, 0.3) is 5.56 Å². The van der Waals surface area contributed by atoms with Crippen LogP contribution in [0.15, 0.2) is 65.6 Å². The Morgan fingerprint density at radius 1 is 1.17 bits per heavy atom. The van der Waals surface area contributed by atoms with Crippen LogP contribution in [0.5, 0.6) is 0 Å². The van der Waals surface area contributed by atoms with Crippen LogP contribution in [0.4, 0.5) is 5.69 Å². The van der Waals surface area contributed by atoms with Crippen molar-refractivity contribution in [3.8, 4) is 11.3 Å². The zero-order valence-corrected chi connectivity index (χ0v) is 15.9. The number of carbonyl (C=O) groups is 1. The molecule has 0 aliphatic rings. The predicted octanol–water partition coefficient (Wildman–Crippen LogP) is 2.74. The van der Waals surface area contributed by atoms with Crippen LogP contribution in [0, 0.1) is 6.92 Å². The van der Waals surface area contributed by atoms with Crippen molar-refractivity contribution in [3.63, 3.8) is 0 Å². The smallest absolute Gasteiger partial charge is 0.264 e. The predicted molar refractivity (Wildman–Crippen MR) is 114 cm³/mol. The molecule has 2 heterocycles. The standard InChI is InChI=1S/C22H21N5O2/c1-13-6-7-14(18-8-9-21(28)27-26-18)11-20(13)25-22(29)17(23)10-15-12-24-19-5-3-2-4-16(15)19/h2-9,11-12,17,24H,10,23H2,1H3,(H,25,29)(H,27,28)/t17-/m0/s1. The maximum Gasteiger partial charge on any atom is 0.264 e. The molecule has 0 fully saturated rings. The fourth-order valence-corrected chi connectivity index (χ4v) is 3.28. The fourth-order valence-electron chi connectivity index (χ4n) is 3.28. The summed E-state index contributed by atoms with van der Waals surface area (Å²) in [5, 5.41) is 10.4. The Labute approximate surface area is 167 Å². The van der Waals surface area contributed by atoms with Crippen LogP contribution >= 0.6 is 0 Å². The minimum Gasteiger partial charge on any atom is -0.361 e. The van der Waals surface area contributed by atoms with Gasteiger partial charge in [-0.25, -0.2) is 5.10 Å². The molecular weight excluding hydrogens is 366 g/mol. The van der Waals surface area contributed by atoms with Crippen molar-refractivity contribution in [2.75, 3.05) is 5.32 Å². The van der Waals surface area contributed by atoms with E-state index in [-0.39, 0.29) is 11.5 Å². The van der Waals surface area contributed by atoms with Gasteiger partial charge in [0, 0.05) is 34.4 Å². The first-order chi connectivity index (χ1) is 14.0. The highest BCUT2D eigenvalue weighted by atomic mass is 16.2. The molecule has 0 aliphatic heterocycles. The number of anilines is 1. The third-order valence-electron chi connectivity index (χ3n) is 4.92. The molecule has 0 bridgehead atoms. The number of nitrogens with zero attached hydrogens (tertiary/aromatic N) is 1. The topological polar surface area (TPSA) is 117 Å². The van der Waals surface area contributed by atoms with Crippen molar-refractivity contribution in [1.29, 1.82) is 0 Å². The average molecular weight is 387 g/mol. The number of nitrogens with one attached hydrogen (secondary N) is 3. The first-order valence-electron chi connectivity index (χ1n) is 9.29. The maximum atomic E-state index is 12.7. The number of rotatable bonds is 5. The number of hydrogen-bond donors (Lipinski definition) is 4. The summed E-state index contributed by atoms with van der Waals surface area (Å²) in [7, 11) is 0. The molecular formula is C22H21N5O2. The van der Waals surface area contributed by atoms with E-state index >= 15 is 0 Å². The number of fused-ring (bicyclic) bond motifs is 1. The van der Waals surface area contributed by atoms with Gasteiger partial charge in [0.2, 0.25) is 5.91 Å². The van der Waals surface area contributed by atoms with Gasteiger partial charge in [-0.1, -0.05) is 30.3 Å². The van der Waals surface area contributed by atoms with Gasteiger partial charge in [-0.2, -0.15) is 5.10 Å². The van der Waals surface area contributed by atoms with E-state index in [9.17, 15) is 9.59 Å². The van der Waals surface area contributed by atoms with Gasteiger partial charge in [-0.3, -0.25) is 9.59 Å². The average Bonchev–Trinajstić information content (AvgIpc) is 3.13. The van der Waals surface area contributed by atoms with Crippen molar-refractivity contribution in [2.45, 2.75) is 19.4 Å². The molecule has 0 unspecified atom stereocenters. The zero-order chi connectivity index (χ0) is 20.4. The monoisotopic (exact) mass is 387 g/mol. The third-order valence-corrected chi connectivity index (χ3v) is 4.92. The Bertz CT molecular complexity index is 1220. The minimum atomic E-state index is -0.691. The molecule has 7 heteroatoms. The Morgan fingerprint density at radius 3 is 2.79 bits per heavy atom. The molecule has 4 rings (SSSR count). The van der Waals surface area contributed by atoms with Crippen LogP contribution in [0.2, 0.25) is 0 Å². The third kappa shape index (κ3) is 3.95. The number of aryl methyl sites for hydroxylation is 1. The first-order valence-corrected chi connectivity index (χ1v) is 9.29. The van der Waals surface area contributed by atoms with Crippen LogP contribution in [0.3, 0.4) is 0 Å². The summed E-state index contributed by atoms with van der Waals surface area (Å²) < 4.78 is 0. The van der Waals surface area contributed by atoms with E-state index in [0.29, 0.717) is 17.8 Å². The molecule has 4 aromatic rings. The summed E-state index contributed by atoms with van der Waals surface area (Å²) >= 11 is 0. The second kappa shape index (κ2) is 7.73. The lowest BCUT2D eigenvalue weighted by atomic mass is 10.0. The number of aromatic nitrogens is 3. The van der Waals surface area contributed by atoms with Crippen molar-refractivity contribution in [3.05, 3.63) is 82.3 Å². The van der Waals surface area contributed by atoms with E-state index in [1.54, 1.807) is 6.07 Å². The summed E-state index contributed by atoms with van der Waals surface area (Å²) in [6.45, 7) is 1.91. The number of para-hydroxylation sites is 1.